The first-order valence-corrected chi connectivity index (χ1v) is 57.4. The molecule has 17 atom stereocenters. The fraction of sp³-hybridized carbons (Fsp3) is 0.792. The predicted octanol–water partition coefficient (Wildman–Crippen LogP) is -3.13. The lowest BCUT2D eigenvalue weighted by Crippen LogP contribution is -2.50. The topological polar surface area (TPSA) is 818 Å². The van der Waals surface area contributed by atoms with Gasteiger partial charge in [-0.15, -0.1) is 25.7 Å². The highest BCUT2D eigenvalue weighted by Crippen LogP contribution is 2.40. The van der Waals surface area contributed by atoms with Crippen LogP contribution in [0.4, 0.5) is 28.8 Å². The number of carbonyl (C=O) groups excluding carboxylic acids is 12. The van der Waals surface area contributed by atoms with Crippen LogP contribution in [0.3, 0.4) is 0 Å². The smallest absolute Gasteiger partial charge is 0.418 e. The summed E-state index contributed by atoms with van der Waals surface area (Å²) >= 11 is 1.76. The van der Waals surface area contributed by atoms with Gasteiger partial charge >= 0.3 is 98.6 Å². The third kappa shape index (κ3) is 31.4. The number of nitrogens with one attached hydrogen (secondary N) is 8. The third-order valence-electron chi connectivity index (χ3n) is 27.3. The number of furan rings is 1. The van der Waals surface area contributed by atoms with Crippen LogP contribution in [0.2, 0.25) is 0 Å². The number of hydrogen-bond acceptors (Lipinski definition) is 43. The maximum atomic E-state index is 12.5. The van der Waals surface area contributed by atoms with Gasteiger partial charge in [0.25, 0.3) is 35.4 Å². The summed E-state index contributed by atoms with van der Waals surface area (Å²) < 4.78 is 230. The Morgan fingerprint density at radius 3 is 1.07 bits per heavy atom. The molecule has 0 saturated carbocycles. The number of ether oxygens (including phenoxy) is 3. The first kappa shape index (κ1) is 116. The molecule has 0 aliphatic carbocycles. The van der Waals surface area contributed by atoms with E-state index in [-0.39, 0.29) is 82.3 Å². The van der Waals surface area contributed by atoms with Gasteiger partial charge < -0.3 is 58.7 Å². The minimum atomic E-state index is -4.83. The van der Waals surface area contributed by atoms with Crippen molar-refractivity contribution in [3.8, 4) is 0 Å². The van der Waals surface area contributed by atoms with Crippen LogP contribution in [0.25, 0.3) is 0 Å². The summed E-state index contributed by atoms with van der Waals surface area (Å²) in [5.74, 6) is -0.369. The molecule has 18 amide bonds. The number of hydroxylamine groups is 18. The second-order valence-corrected chi connectivity index (χ2v) is 45.1. The Labute approximate surface area is 863 Å². The minimum absolute atomic E-state index is 0.0141. The van der Waals surface area contributed by atoms with Crippen molar-refractivity contribution in [2.45, 2.75) is 264 Å². The average Bonchev–Trinajstić information content (AvgIpc) is 1.65. The molecule has 150 heavy (non-hydrogen) atoms. The normalized spacial score (nSPS) is 29.4. The van der Waals surface area contributed by atoms with Crippen LogP contribution in [-0.4, -0.2) is 423 Å². The molecule has 0 aromatic carbocycles. The van der Waals surface area contributed by atoms with Gasteiger partial charge in [0.05, 0.1) is 74.0 Å². The number of rotatable bonds is 33. The Hall–Kier alpha value is -9.15. The maximum absolute atomic E-state index is 12.5. The fourth-order valence-electron chi connectivity index (χ4n) is 19.9. The molecule has 14 N–H and O–H groups in total. The number of fused-ring (bicyclic) bond motifs is 13. The molecular weight excluding hydrogens is 2170 g/mol. The standard InChI is InChI=1S/C14H18N4O8S.C14H24N4O7S.C14H23N3O8S.C12H19N3O8S.C12H19N3O7S2.C11H17N3O8S/c19-13(16-25-11-6-15-5-8-3-4-24-12(8)11)10-2-1-9-7-17(10)14(20)18(9)26-27(21,22)23;1-14(4-6-15-7-5-14)9-24-16-12(19)11-3-2-10-8-17(11)13(20)18(10)25-26(21,22)23;18-13(15-24-9-11-4-2-1-3-7-23-11)12-6-5-10-8-16(12)14(19)17(10)25-26(20,21)22;16-11(13-22-7-9-2-1-5-21-9)10-4-3-8-6-14(10)12(17)15(8)23-24(18,19)20;16-11(13-21-9-2-1-5-23-7-9)10-4-3-8-6-14(10)12(17)15(8)22-24(18,19)20;15-10(12-21-8-3-4-20-6-8)9-2-1-7-5-13(9)11(16)14(7)22-23(17,18)19/h3-4,9-11,15H,1-2,5-7H2,(H,16,19)(H,21,22,23);10-11,15H,2-9H2,1H3,(H,16,19)(H,21,22,23);10-12H,1-9H2,(H,15,18)(H,20,21,22);2*8-10H,1-7H2,(H,13,16)(H,18,19,20);7-9H,1-6H2,(H,12,15)(H,17,18,19)/t9-,10+,11?;10-,11+;10-,11?,12+;2*8-,9?,10+;7-,8?,9+/m111111/s1. The molecule has 19 rings (SSSR count). The van der Waals surface area contributed by atoms with E-state index in [0.717, 1.165) is 94.4 Å². The Morgan fingerprint density at radius 2 is 0.733 bits per heavy atom. The zero-order valence-electron chi connectivity index (χ0n) is 80.4. The van der Waals surface area contributed by atoms with Crippen LogP contribution >= 0.6 is 11.8 Å². The fourth-order valence-corrected chi connectivity index (χ4v) is 23.3. The summed E-state index contributed by atoms with van der Waals surface area (Å²) in [6.45, 7) is 8.99. The van der Waals surface area contributed by atoms with Gasteiger partial charge in [0.1, 0.15) is 61.3 Å². The molecule has 846 valence electrons. The van der Waals surface area contributed by atoms with E-state index in [0.29, 0.717) is 166 Å². The summed E-state index contributed by atoms with van der Waals surface area (Å²) in [7, 11) is -28.8. The molecule has 66 nitrogen and oxygen atoms in total. The van der Waals surface area contributed by atoms with Crippen molar-refractivity contribution >= 4 is 146 Å². The van der Waals surface area contributed by atoms with E-state index in [4.69, 9.17) is 75.0 Å². The second kappa shape index (κ2) is 50.6. The van der Waals surface area contributed by atoms with Crippen LogP contribution in [-0.2, 0) is 167 Å². The van der Waals surface area contributed by atoms with Crippen molar-refractivity contribution in [1.29, 1.82) is 0 Å². The van der Waals surface area contributed by atoms with Gasteiger partial charge in [-0.25, -0.2) is 61.6 Å². The number of amides is 18. The van der Waals surface area contributed by atoms with Gasteiger partial charge in [0, 0.05) is 89.9 Å². The van der Waals surface area contributed by atoms with Gasteiger partial charge in [-0.3, -0.25) is 85.1 Å². The van der Waals surface area contributed by atoms with Crippen molar-refractivity contribution in [1.82, 2.24) is 103 Å². The second-order valence-electron chi connectivity index (χ2n) is 37.9. The van der Waals surface area contributed by atoms with E-state index in [2.05, 4.69) is 76.1 Å². The molecule has 73 heteroatoms. The summed E-state index contributed by atoms with van der Waals surface area (Å²) in [6, 6.07) is -10.8. The van der Waals surface area contributed by atoms with Gasteiger partial charge in [0.15, 0.2) is 6.10 Å². The summed E-state index contributed by atoms with van der Waals surface area (Å²) in [5.41, 5.74) is 15.1. The first-order valence-electron chi connectivity index (χ1n) is 48.0. The third-order valence-corrected chi connectivity index (χ3v) is 30.6. The SMILES string of the molecule is CC1(CONC(=O)[C@@H]2CC[C@@H]3CN2C(=O)N3OS(=O)(=O)O)CCNCC1.O=C(NOC1CCCSC1)[C@@H]1CC[C@@H]2CN1C(=O)N2OS(=O)(=O)O.O=C(NOC1CCOC1)[C@@H]1CC[C@@H]2CN1C(=O)N2OS(=O)(=O)O.O=C(NOC1CNCc2ccoc21)[C@@H]1CC[C@@H]2CN1C(=O)N2OS(=O)(=O)O.O=C(NOCC1CCCCCO1)[C@@H]1CC[C@@H]2CN1C(=O)N2OS(=O)(=O)O.O=C(NOCC1CCCO1)[C@@H]1CC[C@@H]2CN1C(=O)N2OS(=O)(=O)O. The molecule has 17 fully saturated rings. The zero-order valence-corrected chi connectivity index (χ0v) is 86.1. The van der Waals surface area contributed by atoms with Gasteiger partial charge in [-0.2, -0.15) is 92.6 Å². The summed E-state index contributed by atoms with van der Waals surface area (Å²) in [5, 5.41) is 10.0. The van der Waals surface area contributed by atoms with Crippen molar-refractivity contribution in [2.75, 3.05) is 117 Å². The zero-order chi connectivity index (χ0) is 108. The van der Waals surface area contributed by atoms with Crippen molar-refractivity contribution < 1.29 is 209 Å². The molecule has 19 heterocycles. The number of hydrogen-bond donors (Lipinski definition) is 14. The molecule has 5 unspecified atom stereocenters. The van der Waals surface area contributed by atoms with Gasteiger partial charge in [-0.1, -0.05) is 19.8 Å². The van der Waals surface area contributed by atoms with Gasteiger partial charge in [0.2, 0.25) is 0 Å². The first-order chi connectivity index (χ1) is 70.9. The lowest BCUT2D eigenvalue weighted by molar-refractivity contribution is -0.145. The van der Waals surface area contributed by atoms with Crippen LogP contribution in [0.15, 0.2) is 16.7 Å². The monoisotopic (exact) mass is 2280 g/mol. The number of thioether (sulfide) groups is 1. The van der Waals surface area contributed by atoms with Crippen molar-refractivity contribution in [3.05, 3.63) is 23.7 Å². The Bertz CT molecular complexity index is 5710. The molecule has 1 aromatic rings. The lowest BCUT2D eigenvalue weighted by Gasteiger charge is -2.34. The van der Waals surface area contributed by atoms with Crippen LogP contribution in [0, 0.1) is 5.41 Å². The van der Waals surface area contributed by atoms with E-state index in [1.54, 1.807) is 18.0 Å². The molecule has 18 aliphatic heterocycles. The number of piperidine rings is 7. The van der Waals surface area contributed by atoms with E-state index < -0.39 is 213 Å². The average molecular weight is 2290 g/mol. The van der Waals surface area contributed by atoms with Crippen LogP contribution < -0.4 is 43.5 Å². The van der Waals surface area contributed by atoms with Crippen molar-refractivity contribution in [3.63, 3.8) is 0 Å². The Kier molecular flexibility index (Phi) is 39.3. The highest BCUT2D eigenvalue weighted by Gasteiger charge is 2.57. The highest BCUT2D eigenvalue weighted by atomic mass is 32.3. The summed E-state index contributed by atoms with van der Waals surface area (Å²) in [4.78, 5) is 186. The van der Waals surface area contributed by atoms with Crippen LogP contribution in [0.1, 0.15) is 172 Å². The molecular formula is C77H120N20O46S7. The number of nitrogens with zero attached hydrogens (tertiary/aromatic N) is 12. The molecule has 17 saturated heterocycles. The van der Waals surface area contributed by atoms with E-state index in [9.17, 15) is 108 Å². The van der Waals surface area contributed by atoms with Crippen LogP contribution in [0.5, 0.6) is 0 Å². The van der Waals surface area contributed by atoms with E-state index in [1.165, 1.54) is 29.4 Å². The molecule has 1 aromatic heterocycles. The number of urea groups is 6. The molecule has 0 spiro atoms. The Morgan fingerprint density at radius 1 is 0.393 bits per heavy atom. The van der Waals surface area contributed by atoms with E-state index >= 15 is 0 Å². The highest BCUT2D eigenvalue weighted by molar-refractivity contribution is 7.99. The summed E-state index contributed by atoms with van der Waals surface area (Å²) in [6.07, 6.45) is 15.2. The molecule has 12 bridgehead atoms. The lowest BCUT2D eigenvalue weighted by atomic mass is 9.82. The molecule has 18 aliphatic rings. The minimum Gasteiger partial charge on any atom is -0.466 e. The van der Waals surface area contributed by atoms with Gasteiger partial charge in [-0.05, 0) is 159 Å². The molecule has 0 radical (unpaired) electrons. The maximum Gasteiger partial charge on any atom is 0.418 e. The predicted molar refractivity (Wildman–Crippen MR) is 490 cm³/mol. The quantitative estimate of drug-likeness (QED) is 0.0244. The van der Waals surface area contributed by atoms with E-state index in [1.807, 2.05) is 6.07 Å². The number of carbonyl (C=O) groups is 12. The van der Waals surface area contributed by atoms with Crippen molar-refractivity contribution in [2.24, 2.45) is 5.41 Å². The largest absolute Gasteiger partial charge is 0.466 e. The Balaban J connectivity index is 0.000000142.